The Morgan fingerprint density at radius 3 is 2.70 bits per heavy atom. The first-order chi connectivity index (χ1) is 9.66. The molecule has 0 unspecified atom stereocenters. The Morgan fingerprint density at radius 2 is 2.05 bits per heavy atom. The number of aliphatic hydroxyl groups is 1. The number of aryl methyl sites for hydroxylation is 2. The average molecular weight is 273 g/mol. The first-order valence-electron chi connectivity index (χ1n) is 7.06. The van der Waals surface area contributed by atoms with Gasteiger partial charge in [0.1, 0.15) is 5.82 Å². The molecule has 0 aliphatic carbocycles. The summed E-state index contributed by atoms with van der Waals surface area (Å²) < 4.78 is 2.15. The topological polar surface area (TPSA) is 41.3 Å². The van der Waals surface area contributed by atoms with Crippen molar-refractivity contribution in [1.29, 1.82) is 0 Å². The fourth-order valence-electron chi connectivity index (χ4n) is 2.32. The molecular formula is C16H23N3O. The van der Waals surface area contributed by atoms with Crippen molar-refractivity contribution in [2.24, 2.45) is 0 Å². The molecule has 4 nitrogen and oxygen atoms in total. The maximum atomic E-state index is 10.2. The molecule has 0 bridgehead atoms. The summed E-state index contributed by atoms with van der Waals surface area (Å²) in [7, 11) is 2.05. The quantitative estimate of drug-likeness (QED) is 0.841. The fourth-order valence-corrected chi connectivity index (χ4v) is 2.32. The Balaban J connectivity index is 1.73. The van der Waals surface area contributed by atoms with Crippen LogP contribution in [0.25, 0.3) is 0 Å². The molecule has 4 heteroatoms. The number of nitrogens with zero attached hydrogens (tertiary/aromatic N) is 3. The summed E-state index contributed by atoms with van der Waals surface area (Å²) in [5.74, 6) is 1.05. The second-order valence-corrected chi connectivity index (χ2v) is 5.21. The molecule has 108 valence electrons. The predicted octanol–water partition coefficient (Wildman–Crippen LogP) is 2.25. The molecule has 1 atom stereocenters. The minimum atomic E-state index is -0.420. The van der Waals surface area contributed by atoms with Gasteiger partial charge in [0, 0.05) is 25.5 Å². The lowest BCUT2D eigenvalue weighted by atomic mass is 10.1. The summed E-state index contributed by atoms with van der Waals surface area (Å²) in [4.78, 5) is 6.38. The summed E-state index contributed by atoms with van der Waals surface area (Å²) in [5.41, 5.74) is 0.977. The van der Waals surface area contributed by atoms with E-state index in [2.05, 4.69) is 14.5 Å². The largest absolute Gasteiger partial charge is 0.387 e. The van der Waals surface area contributed by atoms with Gasteiger partial charge in [-0.25, -0.2) is 4.98 Å². The van der Waals surface area contributed by atoms with Crippen molar-refractivity contribution in [2.45, 2.75) is 26.0 Å². The van der Waals surface area contributed by atoms with E-state index in [9.17, 15) is 5.11 Å². The maximum absolute atomic E-state index is 10.2. The highest BCUT2D eigenvalue weighted by atomic mass is 16.3. The van der Waals surface area contributed by atoms with E-state index in [-0.39, 0.29) is 0 Å². The zero-order valence-electron chi connectivity index (χ0n) is 12.2. The van der Waals surface area contributed by atoms with Crippen molar-refractivity contribution >= 4 is 0 Å². The molecule has 2 aromatic rings. The number of imidazole rings is 1. The summed E-state index contributed by atoms with van der Waals surface area (Å²) in [6, 6.07) is 9.81. The molecule has 0 radical (unpaired) electrons. The van der Waals surface area contributed by atoms with Crippen molar-refractivity contribution in [1.82, 2.24) is 14.5 Å². The van der Waals surface area contributed by atoms with Crippen LogP contribution in [0.1, 0.15) is 23.9 Å². The average Bonchev–Trinajstić information content (AvgIpc) is 2.85. The van der Waals surface area contributed by atoms with Gasteiger partial charge in [-0.1, -0.05) is 30.3 Å². The third-order valence-electron chi connectivity index (χ3n) is 3.53. The lowest BCUT2D eigenvalue weighted by Gasteiger charge is -2.21. The first-order valence-corrected chi connectivity index (χ1v) is 7.06. The predicted molar refractivity (Wildman–Crippen MR) is 80.5 cm³/mol. The van der Waals surface area contributed by atoms with Crippen LogP contribution >= 0.6 is 0 Å². The van der Waals surface area contributed by atoms with Gasteiger partial charge in [0.05, 0.1) is 6.10 Å². The number of likely N-dealkylation sites (N-methyl/N-ethyl adjacent to an activating group) is 1. The standard InChI is InChI=1S/C16H23N3O/c1-14-17-9-12-19(14)11-6-10-18(2)13-16(20)15-7-4-3-5-8-15/h3-5,7-9,12,16,20H,6,10-11,13H2,1-2H3/t16-/m0/s1. The number of hydrogen-bond donors (Lipinski definition) is 1. The lowest BCUT2D eigenvalue weighted by molar-refractivity contribution is 0.125. The molecule has 1 heterocycles. The molecule has 1 aromatic heterocycles. The second kappa shape index (κ2) is 7.22. The molecule has 0 saturated carbocycles. The Morgan fingerprint density at radius 1 is 1.30 bits per heavy atom. The minimum Gasteiger partial charge on any atom is -0.387 e. The number of aromatic nitrogens is 2. The number of benzene rings is 1. The van der Waals surface area contributed by atoms with Crippen molar-refractivity contribution in [3.63, 3.8) is 0 Å². The Hall–Kier alpha value is -1.65. The highest BCUT2D eigenvalue weighted by molar-refractivity contribution is 5.17. The summed E-state index contributed by atoms with van der Waals surface area (Å²) in [5, 5.41) is 10.2. The van der Waals surface area contributed by atoms with Crippen LogP contribution in [-0.2, 0) is 6.54 Å². The molecule has 0 aliphatic rings. The molecule has 0 amide bonds. The molecule has 0 spiro atoms. The van der Waals surface area contributed by atoms with E-state index in [0.29, 0.717) is 6.54 Å². The molecule has 0 aliphatic heterocycles. The van der Waals surface area contributed by atoms with Gasteiger partial charge in [-0.15, -0.1) is 0 Å². The van der Waals surface area contributed by atoms with Crippen molar-refractivity contribution in [3.8, 4) is 0 Å². The van der Waals surface area contributed by atoms with Gasteiger partial charge in [0.25, 0.3) is 0 Å². The normalized spacial score (nSPS) is 12.8. The maximum Gasteiger partial charge on any atom is 0.105 e. The molecule has 0 fully saturated rings. The highest BCUT2D eigenvalue weighted by Crippen LogP contribution is 2.13. The van der Waals surface area contributed by atoms with E-state index in [1.54, 1.807) is 0 Å². The second-order valence-electron chi connectivity index (χ2n) is 5.21. The van der Waals surface area contributed by atoms with Crippen molar-refractivity contribution in [3.05, 3.63) is 54.1 Å². The first kappa shape index (κ1) is 14.8. The molecule has 20 heavy (non-hydrogen) atoms. The van der Waals surface area contributed by atoms with Gasteiger partial charge < -0.3 is 14.6 Å². The Labute approximate surface area is 120 Å². The van der Waals surface area contributed by atoms with Gasteiger partial charge in [0.2, 0.25) is 0 Å². The zero-order valence-corrected chi connectivity index (χ0v) is 12.2. The number of aliphatic hydroxyl groups excluding tert-OH is 1. The molecule has 1 N–H and O–H groups in total. The van der Waals surface area contributed by atoms with Gasteiger partial charge in [-0.3, -0.25) is 0 Å². The van der Waals surface area contributed by atoms with Crippen molar-refractivity contribution < 1.29 is 5.11 Å². The molecule has 2 rings (SSSR count). The zero-order chi connectivity index (χ0) is 14.4. The van der Waals surface area contributed by atoms with Crippen LogP contribution in [0.3, 0.4) is 0 Å². The van der Waals surface area contributed by atoms with Gasteiger partial charge in [-0.2, -0.15) is 0 Å². The van der Waals surface area contributed by atoms with E-state index < -0.39 is 6.10 Å². The van der Waals surface area contributed by atoms with E-state index in [1.165, 1.54) is 0 Å². The van der Waals surface area contributed by atoms with Crippen LogP contribution in [0.5, 0.6) is 0 Å². The minimum absolute atomic E-state index is 0.420. The van der Waals surface area contributed by atoms with Crippen LogP contribution in [0.2, 0.25) is 0 Å². The smallest absolute Gasteiger partial charge is 0.105 e. The Bertz CT molecular complexity index is 509. The van der Waals surface area contributed by atoms with Crippen LogP contribution in [0, 0.1) is 6.92 Å². The van der Waals surface area contributed by atoms with E-state index >= 15 is 0 Å². The van der Waals surface area contributed by atoms with Crippen LogP contribution in [-0.4, -0.2) is 39.7 Å². The van der Waals surface area contributed by atoms with Gasteiger partial charge >= 0.3 is 0 Å². The van der Waals surface area contributed by atoms with Gasteiger partial charge in [-0.05, 0) is 32.5 Å². The summed E-state index contributed by atoms with van der Waals surface area (Å²) in [6.45, 7) is 4.61. The van der Waals surface area contributed by atoms with Crippen LogP contribution in [0.15, 0.2) is 42.7 Å². The number of hydrogen-bond acceptors (Lipinski definition) is 3. The van der Waals surface area contributed by atoms with Crippen LogP contribution in [0.4, 0.5) is 0 Å². The molecular weight excluding hydrogens is 250 g/mol. The van der Waals surface area contributed by atoms with Crippen molar-refractivity contribution in [2.75, 3.05) is 20.1 Å². The van der Waals surface area contributed by atoms with Crippen LogP contribution < -0.4 is 0 Å². The van der Waals surface area contributed by atoms with Gasteiger partial charge in [0.15, 0.2) is 0 Å². The lowest BCUT2D eigenvalue weighted by Crippen LogP contribution is -2.26. The summed E-state index contributed by atoms with van der Waals surface area (Å²) >= 11 is 0. The third-order valence-corrected chi connectivity index (χ3v) is 3.53. The fraction of sp³-hybridized carbons (Fsp3) is 0.438. The summed E-state index contributed by atoms with van der Waals surface area (Å²) in [6.07, 6.45) is 4.47. The SMILES string of the molecule is Cc1nccn1CCCN(C)C[C@H](O)c1ccccc1. The molecule has 1 aromatic carbocycles. The van der Waals surface area contributed by atoms with E-state index in [0.717, 1.165) is 30.9 Å². The van der Waals surface area contributed by atoms with E-state index in [4.69, 9.17) is 0 Å². The highest BCUT2D eigenvalue weighted by Gasteiger charge is 2.10. The Kier molecular flexibility index (Phi) is 5.32. The number of rotatable bonds is 7. The third kappa shape index (κ3) is 4.18. The van der Waals surface area contributed by atoms with E-state index in [1.807, 2.05) is 56.7 Å². The molecule has 0 saturated heterocycles. The monoisotopic (exact) mass is 273 g/mol.